The lowest BCUT2D eigenvalue weighted by Crippen LogP contribution is -2.28. The highest BCUT2D eigenvalue weighted by atomic mass is 19.4. The Kier molecular flexibility index (Phi) is 6.67. The van der Waals surface area contributed by atoms with Crippen molar-refractivity contribution in [1.82, 2.24) is 0 Å². The molecule has 0 N–H and O–H groups in total. The second kappa shape index (κ2) is 9.42. The van der Waals surface area contributed by atoms with Crippen LogP contribution in [-0.4, -0.2) is 26.2 Å². The zero-order chi connectivity index (χ0) is 23.3. The molecular weight excluding hydrogens is 427 g/mol. The van der Waals surface area contributed by atoms with E-state index >= 15 is 0 Å². The molecule has 0 saturated carbocycles. The number of benzene rings is 2. The number of esters is 2. The molecule has 0 amide bonds. The Morgan fingerprint density at radius 2 is 1.56 bits per heavy atom. The van der Waals surface area contributed by atoms with Gasteiger partial charge in [-0.3, -0.25) is 0 Å². The zero-order valence-electron chi connectivity index (χ0n) is 17.1. The van der Waals surface area contributed by atoms with Gasteiger partial charge in [0.15, 0.2) is 0 Å². The molecule has 32 heavy (non-hydrogen) atoms. The van der Waals surface area contributed by atoms with Crippen LogP contribution in [0.1, 0.15) is 5.56 Å². The maximum Gasteiger partial charge on any atom is 0.418 e. The first-order chi connectivity index (χ1) is 15.3. The van der Waals surface area contributed by atoms with Gasteiger partial charge in [0, 0.05) is 6.20 Å². The van der Waals surface area contributed by atoms with Gasteiger partial charge < -0.3 is 19.1 Å². The van der Waals surface area contributed by atoms with Crippen LogP contribution in [0.3, 0.4) is 0 Å². The molecule has 0 aromatic heterocycles. The predicted molar refractivity (Wildman–Crippen MR) is 110 cm³/mol. The lowest BCUT2D eigenvalue weighted by atomic mass is 10.1. The highest BCUT2D eigenvalue weighted by Gasteiger charge is 2.38. The van der Waals surface area contributed by atoms with E-state index < -0.39 is 35.1 Å². The Bertz CT molecular complexity index is 1100. The summed E-state index contributed by atoms with van der Waals surface area (Å²) in [6.07, 6.45) is 0.462. The molecule has 0 saturated heterocycles. The van der Waals surface area contributed by atoms with Gasteiger partial charge >= 0.3 is 18.1 Å². The van der Waals surface area contributed by atoms with Crippen molar-refractivity contribution < 1.29 is 37.0 Å². The van der Waals surface area contributed by atoms with Crippen molar-refractivity contribution in [3.05, 3.63) is 89.8 Å². The number of halogens is 3. The van der Waals surface area contributed by atoms with Crippen molar-refractivity contribution in [3.8, 4) is 11.5 Å². The first-order valence-corrected chi connectivity index (χ1v) is 9.25. The quantitative estimate of drug-likeness (QED) is 0.605. The summed E-state index contributed by atoms with van der Waals surface area (Å²) in [5, 5.41) is 0. The number of para-hydroxylation sites is 1. The van der Waals surface area contributed by atoms with Crippen molar-refractivity contribution in [2.75, 3.05) is 19.1 Å². The molecule has 3 rings (SSSR count). The molecule has 1 aliphatic rings. The molecule has 0 aliphatic carbocycles. The molecule has 1 aliphatic heterocycles. The maximum atomic E-state index is 14.0. The van der Waals surface area contributed by atoms with Gasteiger partial charge in [0.1, 0.15) is 17.2 Å². The highest BCUT2D eigenvalue weighted by Crippen LogP contribution is 2.41. The Hall–Kier alpha value is -4.01. The third-order valence-electron chi connectivity index (χ3n) is 4.40. The fourth-order valence-corrected chi connectivity index (χ4v) is 2.99. The fourth-order valence-electron chi connectivity index (χ4n) is 2.99. The summed E-state index contributed by atoms with van der Waals surface area (Å²) < 4.78 is 57.0. The normalized spacial score (nSPS) is 13.6. The Morgan fingerprint density at radius 1 is 0.875 bits per heavy atom. The van der Waals surface area contributed by atoms with Gasteiger partial charge in [-0.25, -0.2) is 9.59 Å². The van der Waals surface area contributed by atoms with Crippen molar-refractivity contribution in [2.45, 2.75) is 6.18 Å². The van der Waals surface area contributed by atoms with Gasteiger partial charge in [-0.2, -0.15) is 13.2 Å². The van der Waals surface area contributed by atoms with Crippen LogP contribution in [0.2, 0.25) is 0 Å². The van der Waals surface area contributed by atoms with E-state index in [-0.39, 0.29) is 11.3 Å². The van der Waals surface area contributed by atoms with E-state index in [1.54, 1.807) is 30.3 Å². The topological polar surface area (TPSA) is 65.1 Å². The molecule has 2 aromatic rings. The molecular formula is C23H18F3NO5. The van der Waals surface area contributed by atoms with Crippen LogP contribution in [0.25, 0.3) is 0 Å². The number of carbonyl (C=O) groups is 2. The largest absolute Gasteiger partial charge is 0.465 e. The van der Waals surface area contributed by atoms with Crippen LogP contribution in [0.4, 0.5) is 18.9 Å². The van der Waals surface area contributed by atoms with Crippen LogP contribution >= 0.6 is 0 Å². The van der Waals surface area contributed by atoms with E-state index in [4.69, 9.17) is 9.47 Å². The zero-order valence-corrected chi connectivity index (χ0v) is 17.1. The lowest BCUT2D eigenvalue weighted by Gasteiger charge is -2.26. The Morgan fingerprint density at radius 3 is 2.19 bits per heavy atom. The van der Waals surface area contributed by atoms with Crippen LogP contribution < -0.4 is 9.64 Å². The molecule has 0 unspecified atom stereocenters. The average Bonchev–Trinajstić information content (AvgIpc) is 3.01. The van der Waals surface area contributed by atoms with E-state index in [9.17, 15) is 22.8 Å². The van der Waals surface area contributed by atoms with Gasteiger partial charge in [-0.15, -0.1) is 0 Å². The molecule has 9 heteroatoms. The minimum atomic E-state index is -4.80. The van der Waals surface area contributed by atoms with Crippen LogP contribution in [0.5, 0.6) is 11.5 Å². The molecule has 0 radical (unpaired) electrons. The van der Waals surface area contributed by atoms with E-state index in [0.29, 0.717) is 5.75 Å². The summed E-state index contributed by atoms with van der Waals surface area (Å²) >= 11 is 0. The number of anilines is 1. The van der Waals surface area contributed by atoms with E-state index in [2.05, 4.69) is 4.74 Å². The van der Waals surface area contributed by atoms with Gasteiger partial charge in [0.25, 0.3) is 0 Å². The second-order valence-electron chi connectivity index (χ2n) is 6.41. The summed E-state index contributed by atoms with van der Waals surface area (Å²) in [5.74, 6) is -1.62. The number of allylic oxidation sites excluding steroid dienone is 2. The molecule has 2 aromatic carbocycles. The number of methoxy groups -OCH3 is 2. The number of hydrogen-bond donors (Lipinski definition) is 0. The molecule has 0 spiro atoms. The Labute approximate surface area is 181 Å². The molecule has 0 bridgehead atoms. The number of alkyl halides is 3. The first-order valence-electron chi connectivity index (χ1n) is 9.25. The molecule has 6 nitrogen and oxygen atoms in total. The minimum absolute atomic E-state index is 0.0546. The maximum absolute atomic E-state index is 14.0. The number of nitrogens with zero attached hydrogens (tertiary/aromatic N) is 1. The number of rotatable bonds is 5. The molecule has 0 atom stereocenters. The van der Waals surface area contributed by atoms with Crippen molar-refractivity contribution in [2.24, 2.45) is 0 Å². The number of ether oxygens (including phenoxy) is 3. The summed E-state index contributed by atoms with van der Waals surface area (Å²) in [4.78, 5) is 25.7. The van der Waals surface area contributed by atoms with Gasteiger partial charge in [0.05, 0.1) is 31.0 Å². The summed E-state index contributed by atoms with van der Waals surface area (Å²) in [6, 6.07) is 11.6. The van der Waals surface area contributed by atoms with E-state index in [1.165, 1.54) is 30.5 Å². The van der Waals surface area contributed by atoms with Crippen LogP contribution in [0.15, 0.2) is 84.2 Å². The first kappa shape index (κ1) is 22.7. The molecule has 0 fully saturated rings. The fraction of sp³-hybridized carbons (Fsp3) is 0.130. The van der Waals surface area contributed by atoms with Crippen molar-refractivity contribution in [1.29, 1.82) is 0 Å². The Balaban J connectivity index is 2.17. The average molecular weight is 445 g/mol. The van der Waals surface area contributed by atoms with Gasteiger partial charge in [0.2, 0.25) is 0 Å². The van der Waals surface area contributed by atoms with E-state index in [1.807, 2.05) is 0 Å². The van der Waals surface area contributed by atoms with Gasteiger partial charge in [-0.1, -0.05) is 24.3 Å². The van der Waals surface area contributed by atoms with Crippen LogP contribution in [-0.2, 0) is 25.2 Å². The van der Waals surface area contributed by atoms with E-state index in [0.717, 1.165) is 31.3 Å². The third kappa shape index (κ3) is 4.83. The second-order valence-corrected chi connectivity index (χ2v) is 6.41. The lowest BCUT2D eigenvalue weighted by molar-refractivity contribution is -0.139. The molecule has 166 valence electrons. The molecule has 1 heterocycles. The monoisotopic (exact) mass is 445 g/mol. The summed E-state index contributed by atoms with van der Waals surface area (Å²) in [6.45, 7) is 0. The third-order valence-corrected chi connectivity index (χ3v) is 4.40. The van der Waals surface area contributed by atoms with Gasteiger partial charge in [-0.05, 0) is 42.5 Å². The smallest absolute Gasteiger partial charge is 0.418 e. The number of carbonyl (C=O) groups excluding carboxylic acids is 2. The highest BCUT2D eigenvalue weighted by molar-refractivity contribution is 6.05. The standard InChI is InChI=1S/C23H18F3NO5/c1-30-21(28)17-10-6-7-13-27(20(17)22(29)31-2)19-12-11-16(14-18(19)23(24,25)26)32-15-8-4-3-5-9-15/h3-14H,1-2H3. The summed E-state index contributed by atoms with van der Waals surface area (Å²) in [5.41, 5.74) is -2.17. The number of hydrogen-bond acceptors (Lipinski definition) is 6. The van der Waals surface area contributed by atoms with Crippen molar-refractivity contribution in [3.63, 3.8) is 0 Å². The summed E-state index contributed by atoms with van der Waals surface area (Å²) in [7, 11) is 2.15. The van der Waals surface area contributed by atoms with Crippen molar-refractivity contribution >= 4 is 17.6 Å². The SMILES string of the molecule is COC(=O)C1=C(C(=O)OC)N(c2ccc(Oc3ccccc3)cc2C(F)(F)F)C=CC=C1. The predicted octanol–water partition coefficient (Wildman–Crippen LogP) is 4.99. The minimum Gasteiger partial charge on any atom is -0.465 e. The van der Waals surface area contributed by atoms with Crippen LogP contribution in [0, 0.1) is 0 Å².